The standard InChI is InChI=1S/C18H18N4OS/c1-12-10-17(20-13(2)19-12)21-14-5-7-15(8-6-14)22-18(23)11-16-4-3-9-24-16/h3-10H,11H2,1-2H3,(H,22,23)(H,19,20,21). The highest BCUT2D eigenvalue weighted by atomic mass is 32.1. The van der Waals surface area contributed by atoms with Crippen molar-refractivity contribution < 1.29 is 4.79 Å². The van der Waals surface area contributed by atoms with Crippen LogP contribution in [0.15, 0.2) is 47.8 Å². The van der Waals surface area contributed by atoms with Crippen molar-refractivity contribution >= 4 is 34.4 Å². The molecule has 3 aromatic rings. The smallest absolute Gasteiger partial charge is 0.229 e. The Balaban J connectivity index is 1.61. The quantitative estimate of drug-likeness (QED) is 0.735. The molecule has 0 aliphatic rings. The van der Waals surface area contributed by atoms with Gasteiger partial charge >= 0.3 is 0 Å². The molecule has 5 nitrogen and oxygen atoms in total. The van der Waals surface area contributed by atoms with E-state index in [9.17, 15) is 4.79 Å². The van der Waals surface area contributed by atoms with Gasteiger partial charge in [0, 0.05) is 28.0 Å². The Morgan fingerprint density at radius 3 is 2.50 bits per heavy atom. The van der Waals surface area contributed by atoms with Crippen LogP contribution in [-0.4, -0.2) is 15.9 Å². The number of amides is 1. The second kappa shape index (κ2) is 7.23. The van der Waals surface area contributed by atoms with Crippen molar-refractivity contribution in [2.24, 2.45) is 0 Å². The average molecular weight is 338 g/mol. The lowest BCUT2D eigenvalue weighted by molar-refractivity contribution is -0.115. The summed E-state index contributed by atoms with van der Waals surface area (Å²) in [4.78, 5) is 21.7. The topological polar surface area (TPSA) is 66.9 Å². The Morgan fingerprint density at radius 2 is 1.83 bits per heavy atom. The maximum atomic E-state index is 12.0. The van der Waals surface area contributed by atoms with E-state index in [2.05, 4.69) is 20.6 Å². The van der Waals surface area contributed by atoms with Crippen molar-refractivity contribution in [1.82, 2.24) is 9.97 Å². The van der Waals surface area contributed by atoms with E-state index in [0.29, 0.717) is 6.42 Å². The van der Waals surface area contributed by atoms with E-state index in [1.54, 1.807) is 11.3 Å². The predicted octanol–water partition coefficient (Wildman–Crippen LogP) is 4.08. The molecule has 0 aliphatic carbocycles. The lowest BCUT2D eigenvalue weighted by Gasteiger charge is -2.09. The highest BCUT2D eigenvalue weighted by Gasteiger charge is 2.05. The van der Waals surface area contributed by atoms with Crippen LogP contribution in [0.5, 0.6) is 0 Å². The SMILES string of the molecule is Cc1cc(Nc2ccc(NC(=O)Cc3cccs3)cc2)nc(C)n1. The van der Waals surface area contributed by atoms with Gasteiger partial charge in [0.25, 0.3) is 0 Å². The van der Waals surface area contributed by atoms with Crippen LogP contribution in [0.4, 0.5) is 17.2 Å². The molecule has 6 heteroatoms. The molecule has 2 aromatic heterocycles. The molecule has 0 fully saturated rings. The number of rotatable bonds is 5. The van der Waals surface area contributed by atoms with Crippen LogP contribution in [0.3, 0.4) is 0 Å². The first-order valence-corrected chi connectivity index (χ1v) is 8.48. The first kappa shape index (κ1) is 16.1. The molecule has 1 aromatic carbocycles. The number of carbonyl (C=O) groups excluding carboxylic acids is 1. The molecule has 0 bridgehead atoms. The lowest BCUT2D eigenvalue weighted by Crippen LogP contribution is -2.13. The summed E-state index contributed by atoms with van der Waals surface area (Å²) in [7, 11) is 0. The lowest BCUT2D eigenvalue weighted by atomic mass is 10.2. The number of aryl methyl sites for hydroxylation is 2. The van der Waals surface area contributed by atoms with E-state index in [-0.39, 0.29) is 5.91 Å². The predicted molar refractivity (Wildman–Crippen MR) is 97.9 cm³/mol. The molecule has 1 amide bonds. The summed E-state index contributed by atoms with van der Waals surface area (Å²) in [6.45, 7) is 3.80. The van der Waals surface area contributed by atoms with E-state index in [1.165, 1.54) is 0 Å². The van der Waals surface area contributed by atoms with Gasteiger partial charge < -0.3 is 10.6 Å². The molecule has 0 unspecified atom stereocenters. The molecular formula is C18H18N4OS. The molecule has 0 spiro atoms. The van der Waals surface area contributed by atoms with Gasteiger partial charge in [0.1, 0.15) is 11.6 Å². The van der Waals surface area contributed by atoms with Crippen LogP contribution >= 0.6 is 11.3 Å². The monoisotopic (exact) mass is 338 g/mol. The van der Waals surface area contributed by atoms with Crippen molar-refractivity contribution in [2.75, 3.05) is 10.6 Å². The molecule has 24 heavy (non-hydrogen) atoms. The first-order valence-electron chi connectivity index (χ1n) is 7.60. The Hall–Kier alpha value is -2.73. The average Bonchev–Trinajstić information content (AvgIpc) is 3.01. The number of thiophene rings is 1. The molecule has 2 heterocycles. The van der Waals surface area contributed by atoms with Crippen molar-refractivity contribution in [3.05, 3.63) is 64.2 Å². The van der Waals surface area contributed by atoms with Gasteiger partial charge in [-0.2, -0.15) is 0 Å². The normalized spacial score (nSPS) is 10.4. The van der Waals surface area contributed by atoms with Crippen LogP contribution in [0.25, 0.3) is 0 Å². The summed E-state index contributed by atoms with van der Waals surface area (Å²) >= 11 is 1.58. The number of benzene rings is 1. The molecular weight excluding hydrogens is 320 g/mol. The van der Waals surface area contributed by atoms with Gasteiger partial charge in [0.05, 0.1) is 6.42 Å². The van der Waals surface area contributed by atoms with E-state index < -0.39 is 0 Å². The fourth-order valence-corrected chi connectivity index (χ4v) is 3.05. The number of nitrogens with zero attached hydrogens (tertiary/aromatic N) is 2. The van der Waals surface area contributed by atoms with Crippen LogP contribution in [0, 0.1) is 13.8 Å². The molecule has 122 valence electrons. The van der Waals surface area contributed by atoms with Crippen molar-refractivity contribution in [3.63, 3.8) is 0 Å². The number of nitrogens with one attached hydrogen (secondary N) is 2. The van der Waals surface area contributed by atoms with Gasteiger partial charge in [0.2, 0.25) is 5.91 Å². The zero-order chi connectivity index (χ0) is 16.9. The Kier molecular flexibility index (Phi) is 4.86. The highest BCUT2D eigenvalue weighted by Crippen LogP contribution is 2.19. The molecule has 0 saturated heterocycles. The third kappa shape index (κ3) is 4.39. The number of hydrogen-bond donors (Lipinski definition) is 2. The van der Waals surface area contributed by atoms with E-state index in [1.807, 2.05) is 61.7 Å². The van der Waals surface area contributed by atoms with Crippen molar-refractivity contribution in [1.29, 1.82) is 0 Å². The van der Waals surface area contributed by atoms with E-state index in [4.69, 9.17) is 0 Å². The Labute approximate surface area is 144 Å². The number of aromatic nitrogens is 2. The molecule has 3 rings (SSSR count). The summed E-state index contributed by atoms with van der Waals surface area (Å²) in [6.07, 6.45) is 0.400. The summed E-state index contributed by atoms with van der Waals surface area (Å²) in [5, 5.41) is 8.12. The van der Waals surface area contributed by atoms with Gasteiger partial charge in [-0.1, -0.05) is 6.07 Å². The summed E-state index contributed by atoms with van der Waals surface area (Å²) in [5.41, 5.74) is 2.60. The second-order valence-electron chi connectivity index (χ2n) is 5.45. The van der Waals surface area contributed by atoms with Gasteiger partial charge in [-0.15, -0.1) is 11.3 Å². The van der Waals surface area contributed by atoms with E-state index in [0.717, 1.165) is 33.6 Å². The zero-order valence-corrected chi connectivity index (χ0v) is 14.4. The first-order chi connectivity index (χ1) is 11.6. The molecule has 0 saturated carbocycles. The molecule has 0 aliphatic heterocycles. The van der Waals surface area contributed by atoms with Gasteiger partial charge in [-0.3, -0.25) is 4.79 Å². The summed E-state index contributed by atoms with van der Waals surface area (Å²) < 4.78 is 0. The largest absolute Gasteiger partial charge is 0.340 e. The van der Waals surface area contributed by atoms with Crippen LogP contribution in [0.1, 0.15) is 16.4 Å². The van der Waals surface area contributed by atoms with Crippen molar-refractivity contribution in [2.45, 2.75) is 20.3 Å². The summed E-state index contributed by atoms with van der Waals surface area (Å²) in [6, 6.07) is 13.4. The maximum absolute atomic E-state index is 12.0. The highest BCUT2D eigenvalue weighted by molar-refractivity contribution is 7.10. The molecule has 0 radical (unpaired) electrons. The fraction of sp³-hybridized carbons (Fsp3) is 0.167. The van der Waals surface area contributed by atoms with Crippen LogP contribution < -0.4 is 10.6 Å². The summed E-state index contributed by atoms with van der Waals surface area (Å²) in [5.74, 6) is 1.48. The minimum Gasteiger partial charge on any atom is -0.340 e. The molecule has 0 atom stereocenters. The Bertz CT molecular complexity index is 808. The zero-order valence-electron chi connectivity index (χ0n) is 13.5. The fourth-order valence-electron chi connectivity index (χ4n) is 2.34. The number of anilines is 3. The molecule has 2 N–H and O–H groups in total. The number of hydrogen-bond acceptors (Lipinski definition) is 5. The second-order valence-corrected chi connectivity index (χ2v) is 6.48. The van der Waals surface area contributed by atoms with Gasteiger partial charge in [-0.25, -0.2) is 9.97 Å². The third-order valence-corrected chi connectivity index (χ3v) is 4.20. The Morgan fingerprint density at radius 1 is 1.08 bits per heavy atom. The minimum absolute atomic E-state index is 0.0137. The number of carbonyl (C=O) groups is 1. The van der Waals surface area contributed by atoms with Gasteiger partial charge in [-0.05, 0) is 49.6 Å². The van der Waals surface area contributed by atoms with Gasteiger partial charge in [0.15, 0.2) is 0 Å². The van der Waals surface area contributed by atoms with Crippen LogP contribution in [-0.2, 0) is 11.2 Å². The minimum atomic E-state index is -0.0137. The third-order valence-electron chi connectivity index (χ3n) is 3.32. The van der Waals surface area contributed by atoms with Crippen LogP contribution in [0.2, 0.25) is 0 Å². The maximum Gasteiger partial charge on any atom is 0.229 e. The van der Waals surface area contributed by atoms with E-state index >= 15 is 0 Å². The van der Waals surface area contributed by atoms with Crippen molar-refractivity contribution in [3.8, 4) is 0 Å².